The lowest BCUT2D eigenvalue weighted by atomic mass is 9.78. The van der Waals surface area contributed by atoms with Gasteiger partial charge < -0.3 is 9.31 Å². The predicted octanol–water partition coefficient (Wildman–Crippen LogP) is 2.69. The molecule has 1 heterocycles. The molecule has 0 aliphatic carbocycles. The maximum Gasteiger partial charge on any atom is 0.497 e. The minimum absolute atomic E-state index is 0.257. The first-order valence-corrected chi connectivity index (χ1v) is 6.41. The van der Waals surface area contributed by atoms with Crippen molar-refractivity contribution in [2.45, 2.75) is 52.2 Å². The highest BCUT2D eigenvalue weighted by molar-refractivity contribution is 6.62. The van der Waals surface area contributed by atoms with Crippen molar-refractivity contribution in [1.29, 1.82) is 0 Å². The first-order chi connectivity index (χ1) is 8.27. The second kappa shape index (κ2) is 4.35. The smallest absolute Gasteiger partial charge is 0.399 e. The summed E-state index contributed by atoms with van der Waals surface area (Å²) in [5.74, 6) is -0.257. The monoisotopic (exact) mass is 250 g/mol. The van der Waals surface area contributed by atoms with Gasteiger partial charge >= 0.3 is 7.12 Å². The van der Waals surface area contributed by atoms with Gasteiger partial charge in [-0.2, -0.15) is 0 Å². The molecular formula is C14H20BFO2. The predicted molar refractivity (Wildman–Crippen MR) is 71.5 cm³/mol. The summed E-state index contributed by atoms with van der Waals surface area (Å²) in [7, 11) is -0.624. The molecule has 1 aromatic carbocycles. The van der Waals surface area contributed by atoms with Crippen molar-refractivity contribution in [3.63, 3.8) is 0 Å². The average Bonchev–Trinajstić information content (AvgIpc) is 2.47. The topological polar surface area (TPSA) is 18.5 Å². The average molecular weight is 250 g/mol. The van der Waals surface area contributed by atoms with Crippen molar-refractivity contribution in [2.24, 2.45) is 0 Å². The van der Waals surface area contributed by atoms with E-state index in [9.17, 15) is 4.39 Å². The van der Waals surface area contributed by atoms with Gasteiger partial charge in [0, 0.05) is 5.46 Å². The Morgan fingerprint density at radius 1 is 1.11 bits per heavy atom. The minimum Gasteiger partial charge on any atom is -0.399 e. The molecule has 0 unspecified atom stereocenters. The van der Waals surface area contributed by atoms with Crippen LogP contribution in [0.2, 0.25) is 0 Å². The van der Waals surface area contributed by atoms with Crippen LogP contribution in [0, 0.1) is 5.82 Å². The van der Waals surface area contributed by atoms with Crippen LogP contribution in [0.25, 0.3) is 0 Å². The van der Waals surface area contributed by atoms with Crippen molar-refractivity contribution in [3.05, 3.63) is 29.6 Å². The van der Waals surface area contributed by atoms with E-state index in [0.717, 1.165) is 12.0 Å². The number of hydrogen-bond donors (Lipinski definition) is 0. The van der Waals surface area contributed by atoms with E-state index >= 15 is 0 Å². The Balaban J connectivity index is 2.30. The summed E-state index contributed by atoms with van der Waals surface area (Å²) in [6.07, 6.45) is 0.820. The number of rotatable bonds is 2. The Bertz CT molecular complexity index is 441. The van der Waals surface area contributed by atoms with Crippen LogP contribution in [0.15, 0.2) is 18.2 Å². The van der Waals surface area contributed by atoms with E-state index in [1.165, 1.54) is 0 Å². The van der Waals surface area contributed by atoms with E-state index in [1.54, 1.807) is 12.1 Å². The summed E-state index contributed by atoms with van der Waals surface area (Å²) in [5, 5.41) is 0. The van der Waals surface area contributed by atoms with Gasteiger partial charge in [0.1, 0.15) is 5.82 Å². The summed E-state index contributed by atoms with van der Waals surface area (Å²) in [6, 6.07) is 5.24. The number of halogens is 1. The van der Waals surface area contributed by atoms with E-state index in [-0.39, 0.29) is 5.82 Å². The van der Waals surface area contributed by atoms with Crippen LogP contribution in [-0.2, 0) is 15.7 Å². The summed E-state index contributed by atoms with van der Waals surface area (Å²) >= 11 is 0. The van der Waals surface area contributed by atoms with Crippen LogP contribution in [0.1, 0.15) is 40.2 Å². The molecule has 0 bridgehead atoms. The zero-order valence-electron chi connectivity index (χ0n) is 11.7. The molecule has 4 heteroatoms. The van der Waals surface area contributed by atoms with E-state index in [2.05, 4.69) is 0 Å². The Morgan fingerprint density at radius 3 is 2.11 bits per heavy atom. The molecule has 0 N–H and O–H groups in total. The van der Waals surface area contributed by atoms with E-state index in [1.807, 2.05) is 40.7 Å². The molecule has 0 radical (unpaired) electrons. The molecule has 1 aromatic rings. The molecule has 1 saturated heterocycles. The molecule has 0 spiro atoms. The number of benzene rings is 1. The van der Waals surface area contributed by atoms with E-state index < -0.39 is 18.3 Å². The summed E-state index contributed by atoms with van der Waals surface area (Å²) < 4.78 is 25.7. The van der Waals surface area contributed by atoms with E-state index in [0.29, 0.717) is 5.46 Å². The molecule has 1 aliphatic heterocycles. The van der Waals surface area contributed by atoms with E-state index in [4.69, 9.17) is 9.31 Å². The fraction of sp³-hybridized carbons (Fsp3) is 0.571. The fourth-order valence-corrected chi connectivity index (χ4v) is 1.95. The zero-order valence-corrected chi connectivity index (χ0v) is 11.7. The molecule has 0 amide bonds. The van der Waals surface area contributed by atoms with Crippen LogP contribution in [0.3, 0.4) is 0 Å². The molecule has 98 valence electrons. The van der Waals surface area contributed by atoms with Crippen molar-refractivity contribution >= 4 is 12.6 Å². The molecule has 18 heavy (non-hydrogen) atoms. The van der Waals surface area contributed by atoms with Gasteiger partial charge in [0.15, 0.2) is 0 Å². The third-order valence-electron chi connectivity index (χ3n) is 3.98. The Labute approximate surface area is 109 Å². The van der Waals surface area contributed by atoms with Crippen LogP contribution < -0.4 is 5.46 Å². The van der Waals surface area contributed by atoms with Gasteiger partial charge in [-0.3, -0.25) is 0 Å². The van der Waals surface area contributed by atoms with Gasteiger partial charge in [0.05, 0.1) is 11.2 Å². The second-order valence-corrected chi connectivity index (χ2v) is 5.80. The van der Waals surface area contributed by atoms with Crippen LogP contribution >= 0.6 is 0 Å². The lowest BCUT2D eigenvalue weighted by Gasteiger charge is -2.32. The third kappa shape index (κ3) is 2.19. The number of hydrogen-bond acceptors (Lipinski definition) is 2. The summed E-state index contributed by atoms with van der Waals surface area (Å²) in [4.78, 5) is 0. The molecule has 1 aliphatic rings. The van der Waals surface area contributed by atoms with Crippen molar-refractivity contribution in [3.8, 4) is 0 Å². The largest absolute Gasteiger partial charge is 0.497 e. The summed E-state index contributed by atoms with van der Waals surface area (Å²) in [5.41, 5.74) is 0.583. The van der Waals surface area contributed by atoms with Gasteiger partial charge in [0.25, 0.3) is 0 Å². The number of aryl methyl sites for hydroxylation is 1. The molecular weight excluding hydrogens is 230 g/mol. The molecule has 0 saturated carbocycles. The minimum atomic E-state index is -0.624. The lowest BCUT2D eigenvalue weighted by Crippen LogP contribution is -2.41. The van der Waals surface area contributed by atoms with Crippen molar-refractivity contribution in [1.82, 2.24) is 0 Å². The summed E-state index contributed by atoms with van der Waals surface area (Å²) in [6.45, 7) is 9.86. The quantitative estimate of drug-likeness (QED) is 0.751. The molecule has 1 fully saturated rings. The standard InChI is InChI=1S/C14H20BFO2/c1-6-10-7-8-11(12(16)9-10)15-17-13(2,3)14(4,5)18-15/h7-9H,6H2,1-5H3. The fourth-order valence-electron chi connectivity index (χ4n) is 1.95. The van der Waals surface area contributed by atoms with Crippen LogP contribution in [-0.4, -0.2) is 18.3 Å². The molecule has 2 rings (SSSR count). The van der Waals surface area contributed by atoms with Gasteiger partial charge in [-0.25, -0.2) is 4.39 Å². The van der Waals surface area contributed by atoms with Gasteiger partial charge in [-0.15, -0.1) is 0 Å². The Kier molecular flexibility index (Phi) is 3.28. The van der Waals surface area contributed by atoms with Crippen molar-refractivity contribution in [2.75, 3.05) is 0 Å². The van der Waals surface area contributed by atoms with Crippen LogP contribution in [0.4, 0.5) is 4.39 Å². The first kappa shape index (κ1) is 13.6. The van der Waals surface area contributed by atoms with Gasteiger partial charge in [-0.05, 0) is 45.7 Å². The van der Waals surface area contributed by atoms with Gasteiger partial charge in [-0.1, -0.05) is 19.1 Å². The van der Waals surface area contributed by atoms with Gasteiger partial charge in [0.2, 0.25) is 0 Å². The lowest BCUT2D eigenvalue weighted by molar-refractivity contribution is 0.00578. The van der Waals surface area contributed by atoms with Crippen molar-refractivity contribution < 1.29 is 13.7 Å². The maximum absolute atomic E-state index is 14.0. The zero-order chi connectivity index (χ0) is 13.6. The Morgan fingerprint density at radius 2 is 1.67 bits per heavy atom. The molecule has 0 aromatic heterocycles. The highest BCUT2D eigenvalue weighted by Gasteiger charge is 2.52. The maximum atomic E-state index is 14.0. The SMILES string of the molecule is CCc1ccc(B2OC(C)(C)C(C)(C)O2)c(F)c1. The van der Waals surface area contributed by atoms with Crippen LogP contribution in [0.5, 0.6) is 0 Å². The normalized spacial score (nSPS) is 21.3. The molecule has 0 atom stereocenters. The first-order valence-electron chi connectivity index (χ1n) is 6.41. The molecule has 2 nitrogen and oxygen atoms in total. The Hall–Kier alpha value is -0.865. The highest BCUT2D eigenvalue weighted by Crippen LogP contribution is 2.36. The third-order valence-corrected chi connectivity index (χ3v) is 3.98. The highest BCUT2D eigenvalue weighted by atomic mass is 19.1. The second-order valence-electron chi connectivity index (χ2n) is 5.80.